The molecule has 0 aromatic heterocycles. The van der Waals surface area contributed by atoms with Crippen LogP contribution in [0.4, 0.5) is 0 Å². The molecule has 0 bridgehead atoms. The molecule has 1 nitrogen and oxygen atoms in total. The van der Waals surface area contributed by atoms with E-state index in [1.807, 2.05) is 0 Å². The summed E-state index contributed by atoms with van der Waals surface area (Å²) >= 11 is 1.79. The quantitative estimate of drug-likeness (QED) is 0.797. The van der Waals surface area contributed by atoms with E-state index in [-0.39, 0.29) is 12.4 Å². The zero-order chi connectivity index (χ0) is 10.4. The summed E-state index contributed by atoms with van der Waals surface area (Å²) in [6, 6.07) is 8.85. The maximum atomic E-state index is 3.37. The topological polar surface area (TPSA) is 12.0 Å². The van der Waals surface area contributed by atoms with Crippen LogP contribution in [0.3, 0.4) is 0 Å². The third-order valence-corrected chi connectivity index (χ3v) is 3.13. The van der Waals surface area contributed by atoms with Crippen molar-refractivity contribution in [3.8, 4) is 0 Å². The number of halogens is 1. The van der Waals surface area contributed by atoms with E-state index in [2.05, 4.69) is 49.7 Å². The van der Waals surface area contributed by atoms with Crippen molar-refractivity contribution in [1.82, 2.24) is 5.32 Å². The monoisotopic (exact) mass is 245 g/mol. The normalized spacial score (nSPS) is 11.9. The lowest BCUT2D eigenvalue weighted by molar-refractivity contribution is 0.635. The van der Waals surface area contributed by atoms with E-state index in [0.717, 1.165) is 13.1 Å². The number of thioether (sulfide) groups is 1. The van der Waals surface area contributed by atoms with Crippen molar-refractivity contribution in [2.24, 2.45) is 0 Å². The number of nitrogens with one attached hydrogen (secondary N) is 1. The summed E-state index contributed by atoms with van der Waals surface area (Å²) in [6.07, 6.45) is 2.11. The predicted molar refractivity (Wildman–Crippen MR) is 72.4 cm³/mol. The SMILES string of the molecule is CCNC[C@@H](C)c1ccc(SC)cc1.Cl. The Bertz CT molecular complexity index is 261. The molecule has 1 rings (SSSR count). The number of hydrogen-bond acceptors (Lipinski definition) is 2. The van der Waals surface area contributed by atoms with Crippen LogP contribution in [0.1, 0.15) is 25.3 Å². The standard InChI is InChI=1S/C12H19NS.ClH/c1-4-13-9-10(2)11-5-7-12(14-3)8-6-11;/h5-8,10,13H,4,9H2,1-3H3;1H/t10-;/m1./s1. The van der Waals surface area contributed by atoms with E-state index in [9.17, 15) is 0 Å². The fourth-order valence-electron chi connectivity index (χ4n) is 1.41. The molecular formula is C12H20ClNS. The van der Waals surface area contributed by atoms with Gasteiger partial charge in [0.25, 0.3) is 0 Å². The second-order valence-electron chi connectivity index (χ2n) is 3.48. The lowest BCUT2D eigenvalue weighted by Gasteiger charge is -2.12. The van der Waals surface area contributed by atoms with Crippen LogP contribution in [0, 0.1) is 0 Å². The Morgan fingerprint density at radius 3 is 2.33 bits per heavy atom. The number of benzene rings is 1. The van der Waals surface area contributed by atoms with Gasteiger partial charge in [0, 0.05) is 11.4 Å². The molecule has 0 radical (unpaired) electrons. The van der Waals surface area contributed by atoms with Crippen molar-refractivity contribution < 1.29 is 0 Å². The molecule has 0 saturated heterocycles. The molecule has 3 heteroatoms. The van der Waals surface area contributed by atoms with E-state index in [0.29, 0.717) is 5.92 Å². The van der Waals surface area contributed by atoms with Gasteiger partial charge < -0.3 is 5.32 Å². The molecule has 0 aliphatic carbocycles. The van der Waals surface area contributed by atoms with Gasteiger partial charge in [0.1, 0.15) is 0 Å². The van der Waals surface area contributed by atoms with Crippen molar-refractivity contribution in [2.75, 3.05) is 19.3 Å². The van der Waals surface area contributed by atoms with E-state index in [1.54, 1.807) is 11.8 Å². The predicted octanol–water partition coefficient (Wildman–Crippen LogP) is 3.54. The fourth-order valence-corrected chi connectivity index (χ4v) is 1.82. The molecule has 0 heterocycles. The third-order valence-electron chi connectivity index (χ3n) is 2.39. The van der Waals surface area contributed by atoms with E-state index < -0.39 is 0 Å². The van der Waals surface area contributed by atoms with Crippen LogP contribution < -0.4 is 5.32 Å². The summed E-state index contributed by atoms with van der Waals surface area (Å²) in [7, 11) is 0. The summed E-state index contributed by atoms with van der Waals surface area (Å²) in [4.78, 5) is 1.34. The average molecular weight is 246 g/mol. The zero-order valence-corrected chi connectivity index (χ0v) is 11.3. The first kappa shape index (κ1) is 14.8. The minimum Gasteiger partial charge on any atom is -0.316 e. The molecule has 0 aliphatic heterocycles. The van der Waals surface area contributed by atoms with Crippen molar-refractivity contribution in [3.05, 3.63) is 29.8 Å². The van der Waals surface area contributed by atoms with Crippen LogP contribution in [0.25, 0.3) is 0 Å². The molecular weight excluding hydrogens is 226 g/mol. The van der Waals surface area contributed by atoms with Gasteiger partial charge in [-0.05, 0) is 36.4 Å². The molecule has 0 unspecified atom stereocenters. The van der Waals surface area contributed by atoms with Crippen LogP contribution >= 0.6 is 24.2 Å². The van der Waals surface area contributed by atoms with Gasteiger partial charge in [-0.25, -0.2) is 0 Å². The lowest BCUT2D eigenvalue weighted by atomic mass is 10.0. The summed E-state index contributed by atoms with van der Waals surface area (Å²) in [5.41, 5.74) is 1.42. The molecule has 86 valence electrons. The van der Waals surface area contributed by atoms with Crippen LogP contribution in [-0.2, 0) is 0 Å². The number of likely N-dealkylation sites (N-methyl/N-ethyl adjacent to an activating group) is 1. The first-order valence-electron chi connectivity index (χ1n) is 5.12. The smallest absolute Gasteiger partial charge is 0.00693 e. The number of hydrogen-bond donors (Lipinski definition) is 1. The summed E-state index contributed by atoms with van der Waals surface area (Å²) in [5.74, 6) is 0.603. The Morgan fingerprint density at radius 2 is 1.87 bits per heavy atom. The van der Waals surface area contributed by atoms with E-state index >= 15 is 0 Å². The summed E-state index contributed by atoms with van der Waals surface area (Å²) in [5, 5.41) is 3.37. The Labute approximate surface area is 103 Å². The maximum absolute atomic E-state index is 3.37. The van der Waals surface area contributed by atoms with Crippen LogP contribution in [0.15, 0.2) is 29.2 Å². The van der Waals surface area contributed by atoms with Gasteiger partial charge in [0.05, 0.1) is 0 Å². The molecule has 0 saturated carbocycles. The molecule has 0 spiro atoms. The van der Waals surface area contributed by atoms with Gasteiger partial charge in [-0.3, -0.25) is 0 Å². The molecule has 0 fully saturated rings. The zero-order valence-electron chi connectivity index (χ0n) is 9.62. The minimum atomic E-state index is 0. The van der Waals surface area contributed by atoms with Gasteiger partial charge in [0.2, 0.25) is 0 Å². The molecule has 0 aliphatic rings. The van der Waals surface area contributed by atoms with Gasteiger partial charge >= 0.3 is 0 Å². The molecule has 1 atom stereocenters. The summed E-state index contributed by atoms with van der Waals surface area (Å²) in [6.45, 7) is 6.52. The Morgan fingerprint density at radius 1 is 1.27 bits per heavy atom. The molecule has 1 N–H and O–H groups in total. The van der Waals surface area contributed by atoms with Crippen molar-refractivity contribution in [3.63, 3.8) is 0 Å². The molecule has 0 amide bonds. The second-order valence-corrected chi connectivity index (χ2v) is 4.36. The molecule has 1 aromatic carbocycles. The highest BCUT2D eigenvalue weighted by atomic mass is 35.5. The first-order valence-corrected chi connectivity index (χ1v) is 6.35. The highest BCUT2D eigenvalue weighted by Crippen LogP contribution is 2.19. The van der Waals surface area contributed by atoms with Crippen LogP contribution in [0.2, 0.25) is 0 Å². The van der Waals surface area contributed by atoms with Gasteiger partial charge in [-0.1, -0.05) is 26.0 Å². The number of rotatable bonds is 5. The minimum absolute atomic E-state index is 0. The van der Waals surface area contributed by atoms with Gasteiger partial charge in [0.15, 0.2) is 0 Å². The van der Waals surface area contributed by atoms with Crippen molar-refractivity contribution >= 4 is 24.2 Å². The summed E-state index contributed by atoms with van der Waals surface area (Å²) < 4.78 is 0. The van der Waals surface area contributed by atoms with Crippen molar-refractivity contribution in [2.45, 2.75) is 24.7 Å². The first-order chi connectivity index (χ1) is 6.77. The van der Waals surface area contributed by atoms with Crippen LogP contribution in [-0.4, -0.2) is 19.3 Å². The maximum Gasteiger partial charge on any atom is 0.00693 e. The van der Waals surface area contributed by atoms with Crippen LogP contribution in [0.5, 0.6) is 0 Å². The molecule has 1 aromatic rings. The Kier molecular flexibility index (Phi) is 7.93. The highest BCUT2D eigenvalue weighted by Gasteiger charge is 2.03. The van der Waals surface area contributed by atoms with Crippen molar-refractivity contribution in [1.29, 1.82) is 0 Å². The third kappa shape index (κ3) is 4.92. The second kappa shape index (κ2) is 8.03. The van der Waals surface area contributed by atoms with E-state index in [1.165, 1.54) is 10.5 Å². The van der Waals surface area contributed by atoms with Gasteiger partial charge in [-0.15, -0.1) is 24.2 Å². The fraction of sp³-hybridized carbons (Fsp3) is 0.500. The van der Waals surface area contributed by atoms with Gasteiger partial charge in [-0.2, -0.15) is 0 Å². The largest absolute Gasteiger partial charge is 0.316 e. The van der Waals surface area contributed by atoms with E-state index in [4.69, 9.17) is 0 Å². The molecule has 15 heavy (non-hydrogen) atoms. The lowest BCUT2D eigenvalue weighted by Crippen LogP contribution is -2.19. The Balaban J connectivity index is 0.00000196. The average Bonchev–Trinajstić information content (AvgIpc) is 2.26. The Hall–Kier alpha value is -0.180. The highest BCUT2D eigenvalue weighted by molar-refractivity contribution is 7.98.